The van der Waals surface area contributed by atoms with Crippen LogP contribution in [0.5, 0.6) is 0 Å². The molecular formula is C5H9NO8P2. The quantitative estimate of drug-likeness (QED) is 0.649. The lowest BCUT2D eigenvalue weighted by atomic mass is 10.3. The van der Waals surface area contributed by atoms with Crippen LogP contribution in [0.1, 0.15) is 0 Å². The highest BCUT2D eigenvalue weighted by atomic mass is 31.2. The van der Waals surface area contributed by atoms with E-state index in [4.69, 9.17) is 28.1 Å². The zero-order valence-electron chi connectivity index (χ0n) is 7.88. The fourth-order valence-corrected chi connectivity index (χ4v) is 4.14. The topological polar surface area (TPSA) is 115 Å². The number of ether oxygens (including phenoxy) is 1. The normalized spacial score (nSPS) is 47.5. The van der Waals surface area contributed by atoms with E-state index in [1.807, 2.05) is 0 Å². The Kier molecular flexibility index (Phi) is 2.21. The number of hydrogen-bond acceptors (Lipinski definition) is 7. The van der Waals surface area contributed by atoms with Crippen LogP contribution in [0.15, 0.2) is 0 Å². The Labute approximate surface area is 90.0 Å². The van der Waals surface area contributed by atoms with Crippen molar-refractivity contribution >= 4 is 15.4 Å². The van der Waals surface area contributed by atoms with Gasteiger partial charge in [-0.1, -0.05) is 0 Å². The summed E-state index contributed by atoms with van der Waals surface area (Å²) in [5.41, 5.74) is 0. The highest BCUT2D eigenvalue weighted by molar-refractivity contribution is 7.51. The van der Waals surface area contributed by atoms with E-state index in [0.29, 0.717) is 0 Å². The number of morpholine rings is 1. The third-order valence-corrected chi connectivity index (χ3v) is 4.53. The van der Waals surface area contributed by atoms with Crippen LogP contribution in [-0.2, 0) is 27.4 Å². The number of hydrogen-bond donors (Lipinski definition) is 2. The predicted octanol–water partition coefficient (Wildman–Crippen LogP) is -0.381. The number of phosphoric ester groups is 1. The van der Waals surface area contributed by atoms with Crippen molar-refractivity contribution in [3.63, 3.8) is 0 Å². The van der Waals surface area contributed by atoms with Gasteiger partial charge in [-0.25, -0.2) is 13.6 Å². The molecule has 4 aliphatic rings. The van der Waals surface area contributed by atoms with E-state index in [9.17, 15) is 9.13 Å². The van der Waals surface area contributed by atoms with E-state index in [1.54, 1.807) is 0 Å². The lowest BCUT2D eigenvalue weighted by Gasteiger charge is -2.41. The van der Waals surface area contributed by atoms with Crippen molar-refractivity contribution in [3.8, 4) is 0 Å². The first-order valence-corrected chi connectivity index (χ1v) is 7.70. The van der Waals surface area contributed by atoms with E-state index in [2.05, 4.69) is 0 Å². The summed E-state index contributed by atoms with van der Waals surface area (Å²) in [5.74, 6) is -1.57. The molecule has 4 heterocycles. The van der Waals surface area contributed by atoms with Crippen molar-refractivity contribution in [2.75, 3.05) is 19.4 Å². The summed E-state index contributed by atoms with van der Waals surface area (Å²) in [6.07, 6.45) is -1.50. The Hall–Kier alpha value is 0.180. The highest BCUT2D eigenvalue weighted by Crippen LogP contribution is 2.75. The van der Waals surface area contributed by atoms with Gasteiger partial charge in [0.05, 0.1) is 6.61 Å². The maximum absolute atomic E-state index is 11.4. The summed E-state index contributed by atoms with van der Waals surface area (Å²) in [4.78, 5) is 19.1. The molecule has 9 nitrogen and oxygen atoms in total. The van der Waals surface area contributed by atoms with Crippen LogP contribution in [0, 0.1) is 0 Å². The smallest absolute Gasteiger partial charge is 0.324 e. The van der Waals surface area contributed by atoms with Crippen molar-refractivity contribution in [3.05, 3.63) is 0 Å². The molecule has 4 saturated heterocycles. The first-order valence-electron chi connectivity index (χ1n) is 4.45. The van der Waals surface area contributed by atoms with Gasteiger partial charge in [-0.05, 0) is 0 Å². The summed E-state index contributed by atoms with van der Waals surface area (Å²) in [7, 11) is -7.76. The van der Waals surface area contributed by atoms with E-state index < -0.39 is 33.9 Å². The zero-order valence-corrected chi connectivity index (χ0v) is 9.67. The predicted molar refractivity (Wildman–Crippen MR) is 46.9 cm³/mol. The molecule has 1 unspecified atom stereocenters. The minimum atomic E-state index is -4.23. The molecule has 0 radical (unpaired) electrons. The number of rotatable bonds is 2. The molecule has 0 aliphatic carbocycles. The maximum atomic E-state index is 11.4. The molecule has 0 aromatic rings. The highest BCUT2D eigenvalue weighted by Gasteiger charge is 2.76. The Morgan fingerprint density at radius 3 is 2.81 bits per heavy atom. The zero-order chi connectivity index (χ0) is 11.6. The molecule has 0 amide bonds. The molecule has 0 aromatic heterocycles. The van der Waals surface area contributed by atoms with E-state index in [1.165, 1.54) is 4.90 Å². The molecule has 0 saturated carbocycles. The van der Waals surface area contributed by atoms with Gasteiger partial charge in [0.25, 0.3) is 0 Å². The van der Waals surface area contributed by atoms with Crippen molar-refractivity contribution in [1.29, 1.82) is 0 Å². The van der Waals surface area contributed by atoms with Gasteiger partial charge in [-0.3, -0.25) is 14.0 Å². The molecular weight excluding hydrogens is 264 g/mol. The number of nitrogens with zero attached hydrogens (tertiary/aromatic N) is 1. The Morgan fingerprint density at radius 1 is 1.50 bits per heavy atom. The lowest BCUT2D eigenvalue weighted by molar-refractivity contribution is -0.380. The van der Waals surface area contributed by atoms with Crippen LogP contribution in [0.2, 0.25) is 0 Å². The Balaban J connectivity index is 1.82. The van der Waals surface area contributed by atoms with Crippen LogP contribution in [-0.4, -0.2) is 46.3 Å². The maximum Gasteiger partial charge on any atom is 0.485 e. The van der Waals surface area contributed by atoms with Crippen LogP contribution < -0.4 is 0 Å². The minimum Gasteiger partial charge on any atom is -0.324 e. The average molecular weight is 273 g/mol. The van der Waals surface area contributed by atoms with E-state index >= 15 is 0 Å². The molecule has 1 spiro atoms. The summed E-state index contributed by atoms with van der Waals surface area (Å²) in [6.45, 7) is 0.393. The van der Waals surface area contributed by atoms with Gasteiger partial charge in [0.15, 0.2) is 0 Å². The van der Waals surface area contributed by atoms with Gasteiger partial charge >= 0.3 is 21.4 Å². The third-order valence-electron chi connectivity index (χ3n) is 2.39. The molecule has 1 atom stereocenters. The first-order chi connectivity index (χ1) is 7.32. The van der Waals surface area contributed by atoms with Gasteiger partial charge in [0, 0.05) is 6.54 Å². The minimum absolute atomic E-state index is 0.153. The van der Waals surface area contributed by atoms with Crippen LogP contribution in [0.25, 0.3) is 0 Å². The molecule has 16 heavy (non-hydrogen) atoms. The fraction of sp³-hybridized carbons (Fsp3) is 1.00. The average Bonchev–Trinajstić information content (AvgIpc) is 2.49. The van der Waals surface area contributed by atoms with Gasteiger partial charge in [-0.15, -0.1) is 0 Å². The lowest BCUT2D eigenvalue weighted by Crippen LogP contribution is -2.59. The molecule has 0 aromatic carbocycles. The number of phosphoric acid groups is 1. The second kappa shape index (κ2) is 3.14. The van der Waals surface area contributed by atoms with Gasteiger partial charge in [-0.2, -0.15) is 0 Å². The Morgan fingerprint density at radius 2 is 2.19 bits per heavy atom. The van der Waals surface area contributed by atoms with Crippen molar-refractivity contribution < 1.29 is 37.2 Å². The Bertz CT molecular complexity index is 409. The second-order valence-corrected chi connectivity index (χ2v) is 6.74. The van der Waals surface area contributed by atoms with Gasteiger partial charge in [0.2, 0.25) is 6.23 Å². The van der Waals surface area contributed by atoms with E-state index in [0.717, 1.165) is 0 Å². The monoisotopic (exact) mass is 273 g/mol. The molecule has 2 bridgehead atoms. The standard InChI is InChI=1S/C5H9NO8P2/c7-15(8,9)3-6-1-2-11-5-4(6)12-16(10,13-5)14-5/h4H,1-3H2,(H2,7,8,9). The van der Waals surface area contributed by atoms with Gasteiger partial charge < -0.3 is 14.5 Å². The summed E-state index contributed by atoms with van der Waals surface area (Å²) >= 11 is 0. The van der Waals surface area contributed by atoms with E-state index in [-0.39, 0.29) is 13.2 Å². The largest absolute Gasteiger partial charge is 0.485 e. The van der Waals surface area contributed by atoms with Crippen molar-refractivity contribution in [2.45, 2.75) is 12.2 Å². The molecule has 4 fully saturated rings. The van der Waals surface area contributed by atoms with Gasteiger partial charge in [0.1, 0.15) is 6.29 Å². The SMILES string of the molecule is O=P(O)(O)CN1CCOC23OP(=O)(OC12)O3. The van der Waals surface area contributed by atoms with Crippen LogP contribution >= 0.6 is 15.4 Å². The van der Waals surface area contributed by atoms with Crippen LogP contribution in [0.4, 0.5) is 0 Å². The van der Waals surface area contributed by atoms with Crippen molar-refractivity contribution in [2.24, 2.45) is 0 Å². The third kappa shape index (κ3) is 1.60. The summed E-state index contributed by atoms with van der Waals surface area (Å²) in [5, 5.41) is 0. The second-order valence-electron chi connectivity index (χ2n) is 3.66. The molecule has 92 valence electrons. The fourth-order valence-electron chi connectivity index (χ4n) is 1.86. The van der Waals surface area contributed by atoms with Crippen molar-refractivity contribution in [1.82, 2.24) is 4.90 Å². The molecule has 2 N–H and O–H groups in total. The van der Waals surface area contributed by atoms with Crippen LogP contribution in [0.3, 0.4) is 0 Å². The molecule has 11 heteroatoms. The molecule has 4 rings (SSSR count). The summed E-state index contributed by atoms with van der Waals surface area (Å²) in [6, 6.07) is 0. The summed E-state index contributed by atoms with van der Waals surface area (Å²) < 4.78 is 42.1. The first kappa shape index (κ1) is 11.3. The molecule has 4 aliphatic heterocycles.